The third-order valence-electron chi connectivity index (χ3n) is 3.01. The van der Waals surface area contributed by atoms with Crippen LogP contribution in [0.1, 0.15) is 18.9 Å². The van der Waals surface area contributed by atoms with Gasteiger partial charge in [0.1, 0.15) is 18.1 Å². The van der Waals surface area contributed by atoms with E-state index in [9.17, 15) is 0 Å². The van der Waals surface area contributed by atoms with Gasteiger partial charge in [-0.05, 0) is 66.0 Å². The van der Waals surface area contributed by atoms with Crippen molar-refractivity contribution in [2.75, 3.05) is 26.3 Å². The summed E-state index contributed by atoms with van der Waals surface area (Å²) < 4.78 is 11.2. The molecule has 0 aliphatic heterocycles. The number of ether oxygens (including phenoxy) is 2. The minimum absolute atomic E-state index is 0.679. The summed E-state index contributed by atoms with van der Waals surface area (Å²) in [5.41, 5.74) is 1.40. The summed E-state index contributed by atoms with van der Waals surface area (Å²) in [6.07, 6.45) is 2.10. The minimum atomic E-state index is 0.679. The summed E-state index contributed by atoms with van der Waals surface area (Å²) in [6, 6.07) is 9.99. The Bertz CT molecular complexity index is 482. The minimum Gasteiger partial charge on any atom is -0.494 e. The first-order valence-electron chi connectivity index (χ1n) is 7.46. The molecular weight excluding hydrogens is 282 g/mol. The van der Waals surface area contributed by atoms with Crippen molar-refractivity contribution < 1.29 is 9.47 Å². The van der Waals surface area contributed by atoms with E-state index < -0.39 is 0 Å². The molecule has 0 spiro atoms. The Balaban J connectivity index is 1.55. The highest BCUT2D eigenvalue weighted by atomic mass is 32.1. The van der Waals surface area contributed by atoms with Crippen LogP contribution in [0.5, 0.6) is 11.5 Å². The van der Waals surface area contributed by atoms with Gasteiger partial charge in [-0.15, -0.1) is 0 Å². The van der Waals surface area contributed by atoms with Gasteiger partial charge >= 0.3 is 0 Å². The first-order chi connectivity index (χ1) is 10.4. The second-order valence-corrected chi connectivity index (χ2v) is 5.58. The van der Waals surface area contributed by atoms with Crippen molar-refractivity contribution in [1.82, 2.24) is 5.32 Å². The van der Waals surface area contributed by atoms with E-state index >= 15 is 0 Å². The predicted octanol–water partition coefficient (Wildman–Crippen LogP) is 3.75. The molecule has 0 atom stereocenters. The van der Waals surface area contributed by atoms with Gasteiger partial charge in [-0.2, -0.15) is 11.3 Å². The summed E-state index contributed by atoms with van der Waals surface area (Å²) in [5, 5.41) is 7.70. The van der Waals surface area contributed by atoms with Gasteiger partial charge in [-0.1, -0.05) is 6.92 Å². The lowest BCUT2D eigenvalue weighted by Gasteiger charge is -2.09. The zero-order chi connectivity index (χ0) is 14.8. The number of rotatable bonds is 10. The normalized spacial score (nSPS) is 10.5. The Labute approximate surface area is 130 Å². The smallest absolute Gasteiger partial charge is 0.119 e. The summed E-state index contributed by atoms with van der Waals surface area (Å²) in [4.78, 5) is 0. The van der Waals surface area contributed by atoms with Crippen molar-refractivity contribution >= 4 is 11.3 Å². The molecule has 114 valence electrons. The highest BCUT2D eigenvalue weighted by Gasteiger charge is 1.97. The van der Waals surface area contributed by atoms with E-state index in [1.807, 2.05) is 24.3 Å². The molecule has 0 saturated carbocycles. The first-order valence-corrected chi connectivity index (χ1v) is 8.40. The Hall–Kier alpha value is -1.52. The molecule has 0 radical (unpaired) electrons. The molecule has 0 bridgehead atoms. The van der Waals surface area contributed by atoms with Crippen LogP contribution in [0.3, 0.4) is 0 Å². The molecule has 1 aromatic heterocycles. The van der Waals surface area contributed by atoms with Crippen LogP contribution in [0.15, 0.2) is 41.1 Å². The van der Waals surface area contributed by atoms with Crippen molar-refractivity contribution in [1.29, 1.82) is 0 Å². The van der Waals surface area contributed by atoms with Crippen LogP contribution in [-0.2, 0) is 6.42 Å². The van der Waals surface area contributed by atoms with E-state index in [4.69, 9.17) is 9.47 Å². The average molecular weight is 305 g/mol. The van der Waals surface area contributed by atoms with Crippen LogP contribution in [0.2, 0.25) is 0 Å². The predicted molar refractivity (Wildman–Crippen MR) is 88.6 cm³/mol. The lowest BCUT2D eigenvalue weighted by Crippen LogP contribution is -2.23. The topological polar surface area (TPSA) is 30.5 Å². The molecule has 2 aromatic rings. The fourth-order valence-electron chi connectivity index (χ4n) is 1.89. The maximum absolute atomic E-state index is 5.69. The van der Waals surface area contributed by atoms with Gasteiger partial charge in [0.25, 0.3) is 0 Å². The van der Waals surface area contributed by atoms with E-state index in [-0.39, 0.29) is 0 Å². The summed E-state index contributed by atoms with van der Waals surface area (Å²) >= 11 is 1.75. The molecule has 0 amide bonds. The zero-order valence-electron chi connectivity index (χ0n) is 12.5. The van der Waals surface area contributed by atoms with Crippen molar-refractivity contribution in [3.63, 3.8) is 0 Å². The third kappa shape index (κ3) is 6.19. The second-order valence-electron chi connectivity index (χ2n) is 4.80. The Morgan fingerprint density at radius 2 is 1.67 bits per heavy atom. The second kappa shape index (κ2) is 9.42. The molecule has 21 heavy (non-hydrogen) atoms. The first kappa shape index (κ1) is 15.9. The van der Waals surface area contributed by atoms with Crippen molar-refractivity contribution in [3.05, 3.63) is 46.7 Å². The third-order valence-corrected chi connectivity index (χ3v) is 3.75. The molecule has 0 aliphatic carbocycles. The maximum Gasteiger partial charge on any atom is 0.119 e. The van der Waals surface area contributed by atoms with E-state index in [0.29, 0.717) is 6.61 Å². The number of nitrogens with one attached hydrogen (secondary N) is 1. The highest BCUT2D eigenvalue weighted by molar-refractivity contribution is 7.07. The standard InChI is InChI=1S/C17H23NO2S/c1-2-11-19-16-3-5-17(6-4-16)20-12-10-18-9-7-15-8-13-21-14-15/h3-6,8,13-14,18H,2,7,9-12H2,1H3. The molecule has 2 rings (SSSR count). The van der Waals surface area contributed by atoms with Crippen LogP contribution in [0.25, 0.3) is 0 Å². The van der Waals surface area contributed by atoms with Gasteiger partial charge in [-0.3, -0.25) is 0 Å². The molecule has 1 N–H and O–H groups in total. The van der Waals surface area contributed by atoms with Crippen LogP contribution in [0, 0.1) is 0 Å². The monoisotopic (exact) mass is 305 g/mol. The maximum atomic E-state index is 5.69. The van der Waals surface area contributed by atoms with Crippen molar-refractivity contribution in [2.24, 2.45) is 0 Å². The highest BCUT2D eigenvalue weighted by Crippen LogP contribution is 2.17. The Morgan fingerprint density at radius 1 is 0.952 bits per heavy atom. The van der Waals surface area contributed by atoms with Crippen molar-refractivity contribution in [2.45, 2.75) is 19.8 Å². The van der Waals surface area contributed by atoms with Crippen LogP contribution in [0.4, 0.5) is 0 Å². The molecule has 3 nitrogen and oxygen atoms in total. The lowest BCUT2D eigenvalue weighted by atomic mass is 10.2. The molecular formula is C17H23NO2S. The van der Waals surface area contributed by atoms with Gasteiger partial charge < -0.3 is 14.8 Å². The molecule has 4 heteroatoms. The number of hydrogen-bond acceptors (Lipinski definition) is 4. The molecule has 0 unspecified atom stereocenters. The van der Waals surface area contributed by atoms with Gasteiger partial charge in [0, 0.05) is 6.54 Å². The van der Waals surface area contributed by atoms with Gasteiger partial charge in [-0.25, -0.2) is 0 Å². The number of hydrogen-bond donors (Lipinski definition) is 1. The zero-order valence-corrected chi connectivity index (χ0v) is 13.3. The summed E-state index contributed by atoms with van der Waals surface area (Å²) in [7, 11) is 0. The van der Waals surface area contributed by atoms with Crippen molar-refractivity contribution in [3.8, 4) is 11.5 Å². The van der Waals surface area contributed by atoms with E-state index in [1.165, 1.54) is 5.56 Å². The molecule has 0 fully saturated rings. The quantitative estimate of drug-likeness (QED) is 0.678. The fraction of sp³-hybridized carbons (Fsp3) is 0.412. The van der Waals surface area contributed by atoms with Gasteiger partial charge in [0.05, 0.1) is 6.61 Å². The molecule has 0 saturated heterocycles. The SMILES string of the molecule is CCCOc1ccc(OCCNCCc2ccsc2)cc1. The lowest BCUT2D eigenvalue weighted by molar-refractivity contribution is 0.307. The molecule has 0 aliphatic rings. The van der Waals surface area contributed by atoms with Gasteiger partial charge in [0.2, 0.25) is 0 Å². The largest absolute Gasteiger partial charge is 0.494 e. The molecule has 1 aromatic carbocycles. The molecule has 1 heterocycles. The number of benzene rings is 1. The van der Waals surface area contributed by atoms with E-state index in [0.717, 1.165) is 44.0 Å². The summed E-state index contributed by atoms with van der Waals surface area (Å²) in [6.45, 7) is 5.39. The van der Waals surface area contributed by atoms with E-state index in [2.05, 4.69) is 29.1 Å². The summed E-state index contributed by atoms with van der Waals surface area (Å²) in [5.74, 6) is 1.79. The van der Waals surface area contributed by atoms with Crippen LogP contribution < -0.4 is 14.8 Å². The Kier molecular flexibility index (Phi) is 7.12. The van der Waals surface area contributed by atoms with E-state index in [1.54, 1.807) is 11.3 Å². The Morgan fingerprint density at radius 3 is 2.29 bits per heavy atom. The average Bonchev–Trinajstić information content (AvgIpc) is 3.03. The van der Waals surface area contributed by atoms with Crippen LogP contribution >= 0.6 is 11.3 Å². The van der Waals surface area contributed by atoms with Gasteiger partial charge in [0.15, 0.2) is 0 Å². The fourth-order valence-corrected chi connectivity index (χ4v) is 2.59. The van der Waals surface area contributed by atoms with Crippen LogP contribution in [-0.4, -0.2) is 26.3 Å². The number of thiophene rings is 1.